The van der Waals surface area contributed by atoms with Gasteiger partial charge in [0.25, 0.3) is 11.6 Å². The molecule has 0 radical (unpaired) electrons. The number of aryl methyl sites for hydroxylation is 1. The number of nitrogens with one attached hydrogen (secondary N) is 1. The van der Waals surface area contributed by atoms with Gasteiger partial charge in [-0.2, -0.15) is 0 Å². The van der Waals surface area contributed by atoms with Crippen LogP contribution in [0.2, 0.25) is 0 Å². The molecule has 0 saturated carbocycles. The summed E-state index contributed by atoms with van der Waals surface area (Å²) in [6.07, 6.45) is 1.53. The highest BCUT2D eigenvalue weighted by atomic mass is 16.6. The SMILES string of the molecule is CCNCCCc1nnc(-c2ccccc2[N+](=O)[O-])o1. The van der Waals surface area contributed by atoms with Crippen LogP contribution in [0.25, 0.3) is 11.5 Å². The molecule has 0 saturated heterocycles. The molecule has 106 valence electrons. The Labute approximate surface area is 116 Å². The number of para-hydroxylation sites is 1. The van der Waals surface area contributed by atoms with Crippen molar-refractivity contribution in [2.45, 2.75) is 19.8 Å². The Morgan fingerprint density at radius 3 is 2.90 bits per heavy atom. The highest BCUT2D eigenvalue weighted by Crippen LogP contribution is 2.28. The molecule has 0 spiro atoms. The quantitative estimate of drug-likeness (QED) is 0.473. The summed E-state index contributed by atoms with van der Waals surface area (Å²) < 4.78 is 5.49. The van der Waals surface area contributed by atoms with Crippen LogP contribution >= 0.6 is 0 Å². The van der Waals surface area contributed by atoms with Gasteiger partial charge < -0.3 is 9.73 Å². The van der Waals surface area contributed by atoms with E-state index in [9.17, 15) is 10.1 Å². The monoisotopic (exact) mass is 276 g/mol. The van der Waals surface area contributed by atoms with E-state index < -0.39 is 4.92 Å². The van der Waals surface area contributed by atoms with Crippen LogP contribution in [0.4, 0.5) is 5.69 Å². The van der Waals surface area contributed by atoms with Crippen molar-refractivity contribution in [3.63, 3.8) is 0 Å². The van der Waals surface area contributed by atoms with Crippen molar-refractivity contribution in [1.29, 1.82) is 0 Å². The number of hydrogen-bond donors (Lipinski definition) is 1. The van der Waals surface area contributed by atoms with Crippen LogP contribution in [0.3, 0.4) is 0 Å². The molecule has 1 heterocycles. The number of aromatic nitrogens is 2. The molecule has 2 aromatic rings. The molecule has 7 heteroatoms. The molecule has 0 aliphatic heterocycles. The number of rotatable bonds is 7. The molecule has 1 N–H and O–H groups in total. The fraction of sp³-hybridized carbons (Fsp3) is 0.385. The van der Waals surface area contributed by atoms with E-state index in [2.05, 4.69) is 15.5 Å². The van der Waals surface area contributed by atoms with Crippen molar-refractivity contribution in [2.75, 3.05) is 13.1 Å². The van der Waals surface area contributed by atoms with E-state index in [-0.39, 0.29) is 11.6 Å². The second-order valence-electron chi connectivity index (χ2n) is 4.23. The van der Waals surface area contributed by atoms with Gasteiger partial charge in [-0.3, -0.25) is 10.1 Å². The maximum Gasteiger partial charge on any atom is 0.282 e. The lowest BCUT2D eigenvalue weighted by Gasteiger charge is -1.98. The number of benzene rings is 1. The summed E-state index contributed by atoms with van der Waals surface area (Å²) in [5.41, 5.74) is 0.318. The summed E-state index contributed by atoms with van der Waals surface area (Å²) in [5, 5.41) is 22.0. The molecule has 0 unspecified atom stereocenters. The topological polar surface area (TPSA) is 94.1 Å². The third-order valence-corrected chi connectivity index (χ3v) is 2.79. The van der Waals surface area contributed by atoms with Gasteiger partial charge in [-0.1, -0.05) is 19.1 Å². The van der Waals surface area contributed by atoms with Crippen LogP contribution in [0.5, 0.6) is 0 Å². The Bertz CT molecular complexity index is 583. The number of nitro groups is 1. The molecule has 20 heavy (non-hydrogen) atoms. The Morgan fingerprint density at radius 2 is 2.15 bits per heavy atom. The first kappa shape index (κ1) is 14.1. The molecule has 0 atom stereocenters. The second-order valence-corrected chi connectivity index (χ2v) is 4.23. The van der Waals surface area contributed by atoms with E-state index in [1.54, 1.807) is 18.2 Å². The van der Waals surface area contributed by atoms with Gasteiger partial charge in [-0.25, -0.2) is 0 Å². The van der Waals surface area contributed by atoms with Crippen molar-refractivity contribution in [3.8, 4) is 11.5 Å². The van der Waals surface area contributed by atoms with Crippen molar-refractivity contribution in [3.05, 3.63) is 40.3 Å². The first-order valence-electron chi connectivity index (χ1n) is 6.49. The molecular weight excluding hydrogens is 260 g/mol. The van der Waals surface area contributed by atoms with Crippen molar-refractivity contribution < 1.29 is 9.34 Å². The fourth-order valence-electron chi connectivity index (χ4n) is 1.82. The van der Waals surface area contributed by atoms with Gasteiger partial charge in [-0.05, 0) is 25.6 Å². The van der Waals surface area contributed by atoms with E-state index in [1.807, 2.05) is 6.92 Å². The zero-order chi connectivity index (χ0) is 14.4. The third-order valence-electron chi connectivity index (χ3n) is 2.79. The standard InChI is InChI=1S/C13H16N4O3/c1-2-14-9-5-8-12-15-16-13(20-12)10-6-3-4-7-11(10)17(18)19/h3-4,6-7,14H,2,5,8-9H2,1H3. The summed E-state index contributed by atoms with van der Waals surface area (Å²) in [5.74, 6) is 0.687. The zero-order valence-corrected chi connectivity index (χ0v) is 11.2. The summed E-state index contributed by atoms with van der Waals surface area (Å²) in [6, 6.07) is 6.34. The summed E-state index contributed by atoms with van der Waals surface area (Å²) in [4.78, 5) is 10.5. The number of nitrogens with zero attached hydrogens (tertiary/aromatic N) is 3. The molecule has 0 bridgehead atoms. The Kier molecular flexibility index (Phi) is 4.78. The highest BCUT2D eigenvalue weighted by Gasteiger charge is 2.19. The normalized spacial score (nSPS) is 10.7. The van der Waals surface area contributed by atoms with E-state index in [1.165, 1.54) is 6.07 Å². The summed E-state index contributed by atoms with van der Waals surface area (Å²) in [6.45, 7) is 3.84. The van der Waals surface area contributed by atoms with E-state index in [4.69, 9.17) is 4.42 Å². The predicted molar refractivity (Wildman–Crippen MR) is 73.3 cm³/mol. The van der Waals surface area contributed by atoms with Crippen LogP contribution in [0.15, 0.2) is 28.7 Å². The molecule has 7 nitrogen and oxygen atoms in total. The van der Waals surface area contributed by atoms with Gasteiger partial charge in [-0.15, -0.1) is 10.2 Å². The van der Waals surface area contributed by atoms with Gasteiger partial charge in [0, 0.05) is 12.5 Å². The van der Waals surface area contributed by atoms with Gasteiger partial charge in [0.05, 0.1) is 4.92 Å². The highest BCUT2D eigenvalue weighted by molar-refractivity contribution is 5.66. The average molecular weight is 276 g/mol. The Hall–Kier alpha value is -2.28. The first-order valence-corrected chi connectivity index (χ1v) is 6.49. The van der Waals surface area contributed by atoms with Crippen LogP contribution in [0.1, 0.15) is 19.2 Å². The molecule has 0 aliphatic rings. The Morgan fingerprint density at radius 1 is 1.35 bits per heavy atom. The van der Waals surface area contributed by atoms with Crippen LogP contribution in [-0.4, -0.2) is 28.2 Å². The first-order chi connectivity index (χ1) is 9.72. The lowest BCUT2D eigenvalue weighted by atomic mass is 10.2. The van der Waals surface area contributed by atoms with E-state index >= 15 is 0 Å². The largest absolute Gasteiger partial charge is 0.420 e. The van der Waals surface area contributed by atoms with Crippen molar-refractivity contribution >= 4 is 5.69 Å². The summed E-state index contributed by atoms with van der Waals surface area (Å²) >= 11 is 0. The van der Waals surface area contributed by atoms with Gasteiger partial charge in [0.2, 0.25) is 5.89 Å². The minimum atomic E-state index is -0.454. The molecule has 1 aromatic carbocycles. The zero-order valence-electron chi connectivity index (χ0n) is 11.2. The van der Waals surface area contributed by atoms with E-state index in [0.29, 0.717) is 17.9 Å². The number of hydrogen-bond acceptors (Lipinski definition) is 6. The Balaban J connectivity index is 2.11. The minimum absolute atomic E-state index is 0.0321. The van der Waals surface area contributed by atoms with Crippen molar-refractivity contribution in [1.82, 2.24) is 15.5 Å². The number of nitro benzene ring substituents is 1. The molecule has 0 fully saturated rings. The molecular formula is C13H16N4O3. The van der Waals surface area contributed by atoms with E-state index in [0.717, 1.165) is 19.5 Å². The van der Waals surface area contributed by atoms with Gasteiger partial charge in [0.15, 0.2) is 0 Å². The predicted octanol–water partition coefficient (Wildman–Crippen LogP) is 2.19. The lowest BCUT2D eigenvalue weighted by molar-refractivity contribution is -0.384. The smallest absolute Gasteiger partial charge is 0.282 e. The van der Waals surface area contributed by atoms with Crippen LogP contribution in [-0.2, 0) is 6.42 Å². The second kappa shape index (κ2) is 6.76. The fourth-order valence-corrected chi connectivity index (χ4v) is 1.82. The van der Waals surface area contributed by atoms with Crippen molar-refractivity contribution in [2.24, 2.45) is 0 Å². The maximum absolute atomic E-state index is 11.0. The summed E-state index contributed by atoms with van der Waals surface area (Å²) in [7, 11) is 0. The van der Waals surface area contributed by atoms with Gasteiger partial charge >= 0.3 is 0 Å². The molecule has 1 aromatic heterocycles. The van der Waals surface area contributed by atoms with Crippen LogP contribution < -0.4 is 5.32 Å². The lowest BCUT2D eigenvalue weighted by Crippen LogP contribution is -2.14. The van der Waals surface area contributed by atoms with Crippen LogP contribution in [0, 0.1) is 10.1 Å². The maximum atomic E-state index is 11.0. The molecule has 0 aliphatic carbocycles. The molecule has 0 amide bonds. The average Bonchev–Trinajstić information content (AvgIpc) is 2.92. The third kappa shape index (κ3) is 3.39. The minimum Gasteiger partial charge on any atom is -0.420 e. The van der Waals surface area contributed by atoms with Gasteiger partial charge in [0.1, 0.15) is 5.56 Å². The molecule has 2 rings (SSSR count).